The molecule has 0 saturated carbocycles. The van der Waals surface area contributed by atoms with E-state index in [1.165, 1.54) is 12.1 Å². The van der Waals surface area contributed by atoms with Gasteiger partial charge in [-0.2, -0.15) is 5.10 Å². The molecule has 0 aliphatic carbocycles. The third-order valence-electron chi connectivity index (χ3n) is 3.15. The minimum Gasteiger partial charge on any atom is -0.494 e. The van der Waals surface area contributed by atoms with Gasteiger partial charge in [-0.15, -0.1) is 0 Å². The lowest BCUT2D eigenvalue weighted by molar-refractivity contribution is -0.384. The van der Waals surface area contributed by atoms with Crippen LogP contribution in [-0.4, -0.2) is 27.2 Å². The van der Waals surface area contributed by atoms with Gasteiger partial charge in [-0.05, 0) is 39.0 Å². The number of nitrogens with zero attached hydrogens (tertiary/aromatic N) is 3. The molecular weight excluding hydrogens is 300 g/mol. The van der Waals surface area contributed by atoms with Crippen LogP contribution in [0.25, 0.3) is 0 Å². The summed E-state index contributed by atoms with van der Waals surface area (Å²) in [6, 6.07) is 6.19. The molecule has 1 N–H and O–H groups in total. The summed E-state index contributed by atoms with van der Waals surface area (Å²) in [4.78, 5) is 22.7. The average Bonchev–Trinajstić information content (AvgIpc) is 2.78. The molecule has 0 unspecified atom stereocenters. The quantitative estimate of drug-likeness (QED) is 0.651. The number of aryl methyl sites for hydroxylation is 2. The van der Waals surface area contributed by atoms with Crippen molar-refractivity contribution in [2.24, 2.45) is 0 Å². The van der Waals surface area contributed by atoms with E-state index in [4.69, 9.17) is 4.74 Å². The molecule has 23 heavy (non-hydrogen) atoms. The molecule has 0 fully saturated rings. The molecule has 0 aliphatic heterocycles. The summed E-state index contributed by atoms with van der Waals surface area (Å²) in [5, 5.41) is 17.9. The molecule has 0 aliphatic rings. The van der Waals surface area contributed by atoms with Crippen molar-refractivity contribution in [1.29, 1.82) is 0 Å². The Bertz CT molecular complexity index is 739. The Morgan fingerprint density at radius 1 is 1.39 bits per heavy atom. The Kier molecular flexibility index (Phi) is 4.95. The van der Waals surface area contributed by atoms with E-state index in [-0.39, 0.29) is 23.8 Å². The van der Waals surface area contributed by atoms with Crippen LogP contribution in [0, 0.1) is 24.0 Å². The highest BCUT2D eigenvalue weighted by atomic mass is 16.6. The minimum atomic E-state index is -0.554. The lowest BCUT2D eigenvalue weighted by Crippen LogP contribution is -2.20. The first-order chi connectivity index (χ1) is 10.9. The molecule has 0 radical (unpaired) electrons. The fraction of sp³-hybridized carbons (Fsp3) is 0.333. The topological polar surface area (TPSA) is 99.3 Å². The number of nitro benzene ring substituents is 1. The van der Waals surface area contributed by atoms with E-state index >= 15 is 0 Å². The molecule has 1 aromatic carbocycles. The second-order valence-corrected chi connectivity index (χ2v) is 5.00. The van der Waals surface area contributed by atoms with Crippen molar-refractivity contribution in [2.45, 2.75) is 27.3 Å². The van der Waals surface area contributed by atoms with Gasteiger partial charge in [0.15, 0.2) is 0 Å². The van der Waals surface area contributed by atoms with E-state index < -0.39 is 4.92 Å². The van der Waals surface area contributed by atoms with Crippen molar-refractivity contribution >= 4 is 17.3 Å². The number of amides is 1. The number of nitrogens with one attached hydrogen (secondary N) is 1. The zero-order valence-corrected chi connectivity index (χ0v) is 13.2. The lowest BCUT2D eigenvalue weighted by atomic mass is 10.2. The van der Waals surface area contributed by atoms with Gasteiger partial charge < -0.3 is 10.1 Å². The number of anilines is 1. The number of hydrogen-bond donors (Lipinski definition) is 1. The van der Waals surface area contributed by atoms with Gasteiger partial charge >= 0.3 is 0 Å². The summed E-state index contributed by atoms with van der Waals surface area (Å²) in [5.41, 5.74) is 1.57. The number of ether oxygens (including phenoxy) is 1. The van der Waals surface area contributed by atoms with E-state index in [2.05, 4.69) is 10.4 Å². The first-order valence-corrected chi connectivity index (χ1v) is 7.13. The maximum atomic E-state index is 12.1. The summed E-state index contributed by atoms with van der Waals surface area (Å²) in [6.07, 6.45) is 0. The lowest BCUT2D eigenvalue weighted by Gasteiger charge is -2.09. The van der Waals surface area contributed by atoms with Gasteiger partial charge in [0.1, 0.15) is 18.0 Å². The van der Waals surface area contributed by atoms with Gasteiger partial charge in [0.2, 0.25) is 5.91 Å². The second kappa shape index (κ2) is 6.91. The van der Waals surface area contributed by atoms with Gasteiger partial charge in [0, 0.05) is 5.69 Å². The zero-order chi connectivity index (χ0) is 17.0. The number of hydrogen-bond acceptors (Lipinski definition) is 5. The van der Waals surface area contributed by atoms with E-state index in [1.54, 1.807) is 17.7 Å². The van der Waals surface area contributed by atoms with Crippen LogP contribution in [0.15, 0.2) is 24.3 Å². The Morgan fingerprint density at radius 3 is 2.70 bits per heavy atom. The predicted octanol–water partition coefficient (Wildman–Crippen LogP) is 2.45. The number of aromatic nitrogens is 2. The fourth-order valence-corrected chi connectivity index (χ4v) is 2.19. The number of rotatable bonds is 6. The van der Waals surface area contributed by atoms with E-state index in [9.17, 15) is 14.9 Å². The highest BCUT2D eigenvalue weighted by Gasteiger charge is 2.18. The van der Waals surface area contributed by atoms with Crippen LogP contribution in [0.1, 0.15) is 18.3 Å². The van der Waals surface area contributed by atoms with Crippen LogP contribution < -0.4 is 10.1 Å². The summed E-state index contributed by atoms with van der Waals surface area (Å²) < 4.78 is 6.79. The van der Waals surface area contributed by atoms with Crippen molar-refractivity contribution in [3.05, 3.63) is 45.8 Å². The highest BCUT2D eigenvalue weighted by molar-refractivity contribution is 5.93. The zero-order valence-electron chi connectivity index (χ0n) is 13.2. The summed E-state index contributed by atoms with van der Waals surface area (Å²) in [6.45, 7) is 5.85. The maximum Gasteiger partial charge on any atom is 0.296 e. The maximum absolute atomic E-state index is 12.1. The molecule has 0 spiro atoms. The Labute approximate surface area is 133 Å². The van der Waals surface area contributed by atoms with Gasteiger partial charge in [-0.3, -0.25) is 19.6 Å². The molecule has 2 rings (SSSR count). The number of nitro groups is 1. The first kappa shape index (κ1) is 16.5. The third kappa shape index (κ3) is 4.06. The summed E-state index contributed by atoms with van der Waals surface area (Å²) >= 11 is 0. The van der Waals surface area contributed by atoms with Crippen LogP contribution in [0.3, 0.4) is 0 Å². The largest absolute Gasteiger partial charge is 0.494 e. The van der Waals surface area contributed by atoms with E-state index in [0.717, 1.165) is 11.4 Å². The smallest absolute Gasteiger partial charge is 0.296 e. The molecule has 122 valence electrons. The van der Waals surface area contributed by atoms with Crippen molar-refractivity contribution in [3.8, 4) is 5.75 Å². The van der Waals surface area contributed by atoms with Crippen LogP contribution in [0.2, 0.25) is 0 Å². The molecule has 1 aromatic heterocycles. The second-order valence-electron chi connectivity index (χ2n) is 5.00. The van der Waals surface area contributed by atoms with Crippen LogP contribution >= 0.6 is 0 Å². The Morgan fingerprint density at radius 2 is 2.13 bits per heavy atom. The van der Waals surface area contributed by atoms with Crippen molar-refractivity contribution in [2.75, 3.05) is 11.9 Å². The Hall–Kier alpha value is -2.90. The molecule has 2 aromatic rings. The SMILES string of the molecule is CCOc1ccc(NC(=O)Cn2nc(C)cc2C)c([N+](=O)[O-])c1. The number of benzene rings is 1. The summed E-state index contributed by atoms with van der Waals surface area (Å²) in [5.74, 6) is -0.000737. The fourth-order valence-electron chi connectivity index (χ4n) is 2.19. The highest BCUT2D eigenvalue weighted by Crippen LogP contribution is 2.29. The monoisotopic (exact) mass is 318 g/mol. The van der Waals surface area contributed by atoms with Crippen molar-refractivity contribution in [1.82, 2.24) is 9.78 Å². The molecule has 8 nitrogen and oxygen atoms in total. The van der Waals surface area contributed by atoms with Gasteiger partial charge in [-0.1, -0.05) is 0 Å². The first-order valence-electron chi connectivity index (χ1n) is 7.13. The molecule has 1 amide bonds. The molecule has 1 heterocycles. The van der Waals surface area contributed by atoms with Gasteiger partial charge in [0.25, 0.3) is 5.69 Å². The average molecular weight is 318 g/mol. The van der Waals surface area contributed by atoms with E-state index in [1.807, 2.05) is 19.9 Å². The van der Waals surface area contributed by atoms with Crippen molar-refractivity contribution in [3.63, 3.8) is 0 Å². The molecule has 8 heteroatoms. The van der Waals surface area contributed by atoms with Crippen molar-refractivity contribution < 1.29 is 14.5 Å². The standard InChI is InChI=1S/C15H18N4O4/c1-4-23-12-5-6-13(14(8-12)19(21)22)16-15(20)9-18-11(3)7-10(2)17-18/h5-8H,4,9H2,1-3H3,(H,16,20). The van der Waals surface area contributed by atoms with Crippen LogP contribution in [0.4, 0.5) is 11.4 Å². The van der Waals surface area contributed by atoms with Crippen LogP contribution in [0.5, 0.6) is 5.75 Å². The van der Waals surface area contributed by atoms with E-state index in [0.29, 0.717) is 12.4 Å². The number of carbonyl (C=O) groups is 1. The normalized spacial score (nSPS) is 10.4. The molecular formula is C15H18N4O4. The van der Waals surface area contributed by atoms with Gasteiger partial charge in [-0.25, -0.2) is 0 Å². The van der Waals surface area contributed by atoms with Gasteiger partial charge in [0.05, 0.1) is 23.3 Å². The third-order valence-corrected chi connectivity index (χ3v) is 3.15. The predicted molar refractivity (Wildman–Crippen MR) is 84.6 cm³/mol. The number of carbonyl (C=O) groups excluding carboxylic acids is 1. The Balaban J connectivity index is 2.16. The summed E-state index contributed by atoms with van der Waals surface area (Å²) in [7, 11) is 0. The molecule has 0 atom stereocenters. The minimum absolute atomic E-state index is 0.00988. The molecule has 0 bridgehead atoms. The molecule has 0 saturated heterocycles. The van der Waals surface area contributed by atoms with Crippen LogP contribution in [-0.2, 0) is 11.3 Å².